The summed E-state index contributed by atoms with van der Waals surface area (Å²) in [6.45, 7) is 0. The molecule has 1 aromatic rings. The van der Waals surface area contributed by atoms with Crippen LogP contribution < -0.4 is 5.73 Å². The zero-order valence-corrected chi connectivity index (χ0v) is 11.3. The number of halogens is 2. The standard InChI is InChI=1S/C14H17BrFN/c15-12-8-7-11(9-13(12)16)14(17)10-5-3-1-2-4-6-10/h5,7-9,14H,1-4,6,17H2. The zero-order valence-electron chi connectivity index (χ0n) is 9.76. The number of allylic oxidation sites excluding steroid dienone is 1. The average Bonchev–Trinajstić information content (AvgIpc) is 2.60. The third kappa shape index (κ3) is 3.17. The SMILES string of the molecule is NC(C1=CCCCCC1)c1ccc(Br)c(F)c1. The van der Waals surface area contributed by atoms with E-state index in [9.17, 15) is 4.39 Å². The Bertz CT molecular complexity index is 428. The lowest BCUT2D eigenvalue weighted by Crippen LogP contribution is -2.13. The predicted molar refractivity (Wildman–Crippen MR) is 72.2 cm³/mol. The van der Waals surface area contributed by atoms with Crippen molar-refractivity contribution in [2.45, 2.75) is 38.1 Å². The molecule has 0 saturated heterocycles. The molecule has 2 N–H and O–H groups in total. The van der Waals surface area contributed by atoms with Crippen molar-refractivity contribution < 1.29 is 4.39 Å². The fraction of sp³-hybridized carbons (Fsp3) is 0.429. The van der Waals surface area contributed by atoms with Crippen LogP contribution in [0.3, 0.4) is 0 Å². The summed E-state index contributed by atoms with van der Waals surface area (Å²) in [7, 11) is 0. The number of hydrogen-bond donors (Lipinski definition) is 1. The lowest BCUT2D eigenvalue weighted by molar-refractivity contribution is 0.615. The molecule has 0 aliphatic heterocycles. The van der Waals surface area contributed by atoms with Crippen LogP contribution in [0, 0.1) is 5.82 Å². The minimum atomic E-state index is -0.243. The molecule has 1 unspecified atom stereocenters. The molecular weight excluding hydrogens is 281 g/mol. The van der Waals surface area contributed by atoms with E-state index < -0.39 is 0 Å². The minimum Gasteiger partial charge on any atom is -0.321 e. The van der Waals surface area contributed by atoms with E-state index in [-0.39, 0.29) is 11.9 Å². The van der Waals surface area contributed by atoms with Crippen molar-refractivity contribution in [3.8, 4) is 0 Å². The van der Waals surface area contributed by atoms with Gasteiger partial charge in [0.1, 0.15) is 5.82 Å². The van der Waals surface area contributed by atoms with Crippen LogP contribution in [-0.4, -0.2) is 0 Å². The van der Waals surface area contributed by atoms with Gasteiger partial charge in [0, 0.05) is 0 Å². The highest BCUT2D eigenvalue weighted by atomic mass is 79.9. The molecule has 0 saturated carbocycles. The number of nitrogens with two attached hydrogens (primary N) is 1. The number of benzene rings is 1. The quantitative estimate of drug-likeness (QED) is 0.800. The van der Waals surface area contributed by atoms with Gasteiger partial charge < -0.3 is 5.73 Å². The molecule has 0 spiro atoms. The lowest BCUT2D eigenvalue weighted by Gasteiger charge is -2.16. The molecule has 2 rings (SSSR count). The molecule has 0 bridgehead atoms. The smallest absolute Gasteiger partial charge is 0.137 e. The van der Waals surface area contributed by atoms with Crippen LogP contribution in [0.5, 0.6) is 0 Å². The first kappa shape index (κ1) is 12.8. The van der Waals surface area contributed by atoms with Crippen LogP contribution >= 0.6 is 15.9 Å². The van der Waals surface area contributed by atoms with Crippen LogP contribution in [0.2, 0.25) is 0 Å². The van der Waals surface area contributed by atoms with E-state index in [0.29, 0.717) is 4.47 Å². The third-order valence-corrected chi connectivity index (χ3v) is 3.92. The van der Waals surface area contributed by atoms with Gasteiger partial charge in [0.25, 0.3) is 0 Å². The molecule has 0 radical (unpaired) electrons. The number of hydrogen-bond acceptors (Lipinski definition) is 1. The van der Waals surface area contributed by atoms with E-state index in [2.05, 4.69) is 22.0 Å². The highest BCUT2D eigenvalue weighted by molar-refractivity contribution is 9.10. The van der Waals surface area contributed by atoms with Gasteiger partial charge in [-0.25, -0.2) is 4.39 Å². The van der Waals surface area contributed by atoms with E-state index >= 15 is 0 Å². The maximum Gasteiger partial charge on any atom is 0.137 e. The largest absolute Gasteiger partial charge is 0.321 e. The Morgan fingerprint density at radius 3 is 2.82 bits per heavy atom. The van der Waals surface area contributed by atoms with E-state index in [4.69, 9.17) is 5.73 Å². The van der Waals surface area contributed by atoms with E-state index in [1.807, 2.05) is 6.07 Å². The summed E-state index contributed by atoms with van der Waals surface area (Å²) in [5.74, 6) is -0.243. The van der Waals surface area contributed by atoms with Crippen molar-refractivity contribution in [1.29, 1.82) is 0 Å². The first-order valence-corrected chi connectivity index (χ1v) is 6.87. The van der Waals surface area contributed by atoms with Gasteiger partial charge in [-0.15, -0.1) is 0 Å². The second kappa shape index (κ2) is 5.78. The summed E-state index contributed by atoms with van der Waals surface area (Å²) in [5, 5.41) is 0. The Hall–Kier alpha value is -0.670. The normalized spacial score (nSPS) is 18.4. The fourth-order valence-corrected chi connectivity index (χ4v) is 2.49. The highest BCUT2D eigenvalue weighted by Crippen LogP contribution is 2.29. The van der Waals surface area contributed by atoms with Crippen molar-refractivity contribution in [3.05, 3.63) is 45.7 Å². The van der Waals surface area contributed by atoms with E-state index in [0.717, 1.165) is 18.4 Å². The van der Waals surface area contributed by atoms with Crippen LogP contribution in [0.25, 0.3) is 0 Å². The molecule has 1 nitrogen and oxygen atoms in total. The molecule has 3 heteroatoms. The highest BCUT2D eigenvalue weighted by Gasteiger charge is 2.14. The summed E-state index contributed by atoms with van der Waals surface area (Å²) in [6.07, 6.45) is 8.07. The summed E-state index contributed by atoms with van der Waals surface area (Å²) < 4.78 is 14.0. The predicted octanol–water partition coefficient (Wildman–Crippen LogP) is 4.48. The van der Waals surface area contributed by atoms with Gasteiger partial charge in [-0.05, 0) is 59.3 Å². The van der Waals surface area contributed by atoms with Gasteiger partial charge in [0.15, 0.2) is 0 Å². The van der Waals surface area contributed by atoms with E-state index in [1.165, 1.54) is 30.9 Å². The molecule has 0 amide bonds. The second-order valence-electron chi connectivity index (χ2n) is 4.53. The molecule has 1 atom stereocenters. The van der Waals surface area contributed by atoms with Crippen LogP contribution in [0.4, 0.5) is 4.39 Å². The zero-order chi connectivity index (χ0) is 12.3. The maximum absolute atomic E-state index is 13.5. The lowest BCUT2D eigenvalue weighted by atomic mass is 9.96. The topological polar surface area (TPSA) is 26.0 Å². The van der Waals surface area contributed by atoms with E-state index in [1.54, 1.807) is 6.07 Å². The molecule has 1 aliphatic rings. The van der Waals surface area contributed by atoms with Crippen molar-refractivity contribution >= 4 is 15.9 Å². The minimum absolute atomic E-state index is 0.157. The van der Waals surface area contributed by atoms with Crippen molar-refractivity contribution in [3.63, 3.8) is 0 Å². The Morgan fingerprint density at radius 2 is 2.06 bits per heavy atom. The first-order valence-electron chi connectivity index (χ1n) is 6.08. The van der Waals surface area contributed by atoms with Crippen molar-refractivity contribution in [2.24, 2.45) is 5.73 Å². The molecule has 17 heavy (non-hydrogen) atoms. The Morgan fingerprint density at radius 1 is 1.24 bits per heavy atom. The molecular formula is C14H17BrFN. The summed E-state index contributed by atoms with van der Waals surface area (Å²) in [5.41, 5.74) is 8.32. The molecule has 1 aromatic carbocycles. The summed E-state index contributed by atoms with van der Waals surface area (Å²) >= 11 is 3.16. The third-order valence-electron chi connectivity index (χ3n) is 3.28. The van der Waals surface area contributed by atoms with Crippen LogP contribution in [0.15, 0.2) is 34.3 Å². The molecule has 0 aromatic heterocycles. The molecule has 0 fully saturated rings. The Labute approximate surface area is 110 Å². The number of rotatable bonds is 2. The maximum atomic E-state index is 13.5. The van der Waals surface area contributed by atoms with Gasteiger partial charge >= 0.3 is 0 Å². The van der Waals surface area contributed by atoms with Crippen LogP contribution in [-0.2, 0) is 0 Å². The van der Waals surface area contributed by atoms with Gasteiger partial charge in [0.2, 0.25) is 0 Å². The molecule has 92 valence electrons. The van der Waals surface area contributed by atoms with Gasteiger partial charge in [-0.2, -0.15) is 0 Å². The summed E-state index contributed by atoms with van der Waals surface area (Å²) in [4.78, 5) is 0. The fourth-order valence-electron chi connectivity index (χ4n) is 2.24. The van der Waals surface area contributed by atoms with Gasteiger partial charge in [-0.1, -0.05) is 24.1 Å². The van der Waals surface area contributed by atoms with Gasteiger partial charge in [0.05, 0.1) is 10.5 Å². The monoisotopic (exact) mass is 297 g/mol. The van der Waals surface area contributed by atoms with Crippen molar-refractivity contribution in [2.75, 3.05) is 0 Å². The average molecular weight is 298 g/mol. The molecule has 1 aliphatic carbocycles. The second-order valence-corrected chi connectivity index (χ2v) is 5.38. The Kier molecular flexibility index (Phi) is 4.35. The van der Waals surface area contributed by atoms with Crippen LogP contribution in [0.1, 0.15) is 43.7 Å². The van der Waals surface area contributed by atoms with Crippen molar-refractivity contribution in [1.82, 2.24) is 0 Å². The first-order chi connectivity index (χ1) is 8.18. The summed E-state index contributed by atoms with van der Waals surface area (Å²) in [6, 6.07) is 4.99. The Balaban J connectivity index is 2.20. The molecule has 0 heterocycles. The van der Waals surface area contributed by atoms with Gasteiger partial charge in [-0.3, -0.25) is 0 Å².